The molecule has 1 heterocycles. The minimum atomic E-state index is -0.550. The van der Waals surface area contributed by atoms with Gasteiger partial charge in [-0.1, -0.05) is 56.5 Å². The topological polar surface area (TPSA) is 63.4 Å². The lowest BCUT2D eigenvalue weighted by molar-refractivity contribution is 0.0728. The average Bonchev–Trinajstić information content (AvgIpc) is 2.72. The highest BCUT2D eigenvalue weighted by Crippen LogP contribution is 2.26. The molecule has 0 radical (unpaired) electrons. The van der Waals surface area contributed by atoms with Crippen LogP contribution in [0.5, 0.6) is 0 Å². The van der Waals surface area contributed by atoms with Crippen LogP contribution in [0.3, 0.4) is 0 Å². The highest BCUT2D eigenvalue weighted by molar-refractivity contribution is 6.15. The Labute approximate surface area is 149 Å². The molecule has 132 valence electrons. The molecule has 1 unspecified atom stereocenters. The summed E-state index contributed by atoms with van der Waals surface area (Å²) in [7, 11) is 0. The molecule has 2 aromatic rings. The Balaban J connectivity index is 2.05. The van der Waals surface area contributed by atoms with Crippen LogP contribution in [0.1, 0.15) is 59.7 Å². The Morgan fingerprint density at radius 3 is 2.60 bits per heavy atom. The van der Waals surface area contributed by atoms with Crippen LogP contribution in [0, 0.1) is 5.92 Å². The standard InChI is InChI=1S/C21H26N2O2/c1-15-8-4-2-3-7-13-23(14-15)21(25)19-17-10-6-5-9-16(17)11-12-18(19)20(22)24/h5-6,9-12,15H,2-4,7-8,13-14H2,1H3,(H2,22,24). The van der Waals surface area contributed by atoms with E-state index in [9.17, 15) is 9.59 Å². The summed E-state index contributed by atoms with van der Waals surface area (Å²) in [6.07, 6.45) is 5.75. The number of carbonyl (C=O) groups is 2. The molecule has 1 aliphatic rings. The molecule has 25 heavy (non-hydrogen) atoms. The lowest BCUT2D eigenvalue weighted by atomic mass is 9.96. The molecule has 1 saturated heterocycles. The number of hydrogen-bond donors (Lipinski definition) is 1. The van der Waals surface area contributed by atoms with E-state index in [0.717, 1.165) is 43.1 Å². The Hall–Kier alpha value is -2.36. The Kier molecular flexibility index (Phi) is 5.37. The van der Waals surface area contributed by atoms with Gasteiger partial charge in [0.05, 0.1) is 11.1 Å². The number of primary amides is 1. The van der Waals surface area contributed by atoms with Crippen molar-refractivity contribution in [1.82, 2.24) is 4.90 Å². The first-order chi connectivity index (χ1) is 12.1. The summed E-state index contributed by atoms with van der Waals surface area (Å²) in [5.41, 5.74) is 6.34. The van der Waals surface area contributed by atoms with Gasteiger partial charge in [-0.05, 0) is 35.6 Å². The molecule has 0 bridgehead atoms. The van der Waals surface area contributed by atoms with Gasteiger partial charge in [-0.25, -0.2) is 0 Å². The first-order valence-corrected chi connectivity index (χ1v) is 9.18. The number of benzene rings is 2. The SMILES string of the molecule is CC1CCCCCCN(C(=O)c2c(C(N)=O)ccc3ccccc23)C1. The summed E-state index contributed by atoms with van der Waals surface area (Å²) in [5, 5.41) is 1.75. The van der Waals surface area contributed by atoms with E-state index in [0.29, 0.717) is 17.0 Å². The van der Waals surface area contributed by atoms with E-state index in [2.05, 4.69) is 6.92 Å². The highest BCUT2D eigenvalue weighted by atomic mass is 16.2. The Morgan fingerprint density at radius 2 is 1.80 bits per heavy atom. The van der Waals surface area contributed by atoms with Gasteiger partial charge >= 0.3 is 0 Å². The summed E-state index contributed by atoms with van der Waals surface area (Å²) >= 11 is 0. The van der Waals surface area contributed by atoms with Crippen molar-refractivity contribution in [2.75, 3.05) is 13.1 Å². The third kappa shape index (κ3) is 3.84. The second-order valence-corrected chi connectivity index (χ2v) is 7.13. The van der Waals surface area contributed by atoms with Crippen molar-refractivity contribution in [2.24, 2.45) is 11.7 Å². The zero-order valence-corrected chi connectivity index (χ0v) is 14.8. The van der Waals surface area contributed by atoms with Crippen molar-refractivity contribution < 1.29 is 9.59 Å². The van der Waals surface area contributed by atoms with Gasteiger partial charge in [0.15, 0.2) is 0 Å². The van der Waals surface area contributed by atoms with E-state index >= 15 is 0 Å². The van der Waals surface area contributed by atoms with Crippen LogP contribution < -0.4 is 5.73 Å². The lowest BCUT2D eigenvalue weighted by Gasteiger charge is -2.26. The maximum atomic E-state index is 13.4. The predicted octanol–water partition coefficient (Wildman–Crippen LogP) is 3.98. The zero-order chi connectivity index (χ0) is 17.8. The van der Waals surface area contributed by atoms with Gasteiger partial charge in [0, 0.05) is 13.1 Å². The Bertz CT molecular complexity index is 785. The normalized spacial score (nSPS) is 19.1. The fraction of sp³-hybridized carbons (Fsp3) is 0.429. The number of nitrogens with zero attached hydrogens (tertiary/aromatic N) is 1. The third-order valence-electron chi connectivity index (χ3n) is 5.10. The van der Waals surface area contributed by atoms with E-state index in [1.807, 2.05) is 35.2 Å². The lowest BCUT2D eigenvalue weighted by Crippen LogP contribution is -2.36. The second-order valence-electron chi connectivity index (χ2n) is 7.13. The van der Waals surface area contributed by atoms with Crippen LogP contribution in [-0.4, -0.2) is 29.8 Å². The average molecular weight is 338 g/mol. The predicted molar refractivity (Wildman–Crippen MR) is 101 cm³/mol. The first kappa shape index (κ1) is 17.5. The molecule has 3 rings (SSSR count). The minimum Gasteiger partial charge on any atom is -0.366 e. The summed E-state index contributed by atoms with van der Waals surface area (Å²) in [6.45, 7) is 3.68. The Morgan fingerprint density at radius 1 is 1.04 bits per heavy atom. The monoisotopic (exact) mass is 338 g/mol. The van der Waals surface area contributed by atoms with Crippen LogP contribution in [-0.2, 0) is 0 Å². The molecule has 2 N–H and O–H groups in total. The molecular weight excluding hydrogens is 312 g/mol. The van der Waals surface area contributed by atoms with Gasteiger partial charge in [0.25, 0.3) is 5.91 Å². The molecular formula is C21H26N2O2. The molecule has 1 fully saturated rings. The maximum Gasteiger partial charge on any atom is 0.255 e. The van der Waals surface area contributed by atoms with Gasteiger partial charge in [-0.15, -0.1) is 0 Å². The van der Waals surface area contributed by atoms with Gasteiger partial charge in [-0.3, -0.25) is 9.59 Å². The second kappa shape index (κ2) is 7.68. The summed E-state index contributed by atoms with van der Waals surface area (Å²) in [6, 6.07) is 11.2. The van der Waals surface area contributed by atoms with Gasteiger partial charge in [-0.2, -0.15) is 0 Å². The van der Waals surface area contributed by atoms with Crippen molar-refractivity contribution in [2.45, 2.75) is 39.0 Å². The molecule has 1 aliphatic heterocycles. The van der Waals surface area contributed by atoms with Crippen molar-refractivity contribution in [3.63, 3.8) is 0 Å². The quantitative estimate of drug-likeness (QED) is 0.900. The van der Waals surface area contributed by atoms with Crippen LogP contribution in [0.4, 0.5) is 0 Å². The molecule has 0 aromatic heterocycles. The molecule has 1 atom stereocenters. The van der Waals surface area contributed by atoms with E-state index < -0.39 is 5.91 Å². The van der Waals surface area contributed by atoms with E-state index in [4.69, 9.17) is 5.73 Å². The molecule has 4 heteroatoms. The molecule has 0 spiro atoms. The number of amides is 2. The van der Waals surface area contributed by atoms with Crippen LogP contribution in [0.15, 0.2) is 36.4 Å². The molecule has 4 nitrogen and oxygen atoms in total. The summed E-state index contributed by atoms with van der Waals surface area (Å²) in [5.74, 6) is -0.153. The van der Waals surface area contributed by atoms with Crippen molar-refractivity contribution >= 4 is 22.6 Å². The number of nitrogens with two attached hydrogens (primary N) is 1. The third-order valence-corrected chi connectivity index (χ3v) is 5.10. The summed E-state index contributed by atoms with van der Waals surface area (Å²) < 4.78 is 0. The number of rotatable bonds is 2. The molecule has 2 amide bonds. The van der Waals surface area contributed by atoms with Gasteiger partial charge < -0.3 is 10.6 Å². The number of hydrogen-bond acceptors (Lipinski definition) is 2. The largest absolute Gasteiger partial charge is 0.366 e. The number of carbonyl (C=O) groups excluding carboxylic acids is 2. The van der Waals surface area contributed by atoms with E-state index in [1.54, 1.807) is 6.07 Å². The fourth-order valence-electron chi connectivity index (χ4n) is 3.76. The summed E-state index contributed by atoms with van der Waals surface area (Å²) in [4.78, 5) is 27.2. The van der Waals surface area contributed by atoms with Gasteiger partial charge in [0.2, 0.25) is 5.91 Å². The maximum absolute atomic E-state index is 13.4. The first-order valence-electron chi connectivity index (χ1n) is 9.18. The number of fused-ring (bicyclic) bond motifs is 1. The molecule has 0 aliphatic carbocycles. The minimum absolute atomic E-state index is 0.0700. The fourth-order valence-corrected chi connectivity index (χ4v) is 3.76. The highest BCUT2D eigenvalue weighted by Gasteiger charge is 2.25. The zero-order valence-electron chi connectivity index (χ0n) is 14.8. The van der Waals surface area contributed by atoms with Crippen molar-refractivity contribution in [3.8, 4) is 0 Å². The van der Waals surface area contributed by atoms with Crippen LogP contribution >= 0.6 is 0 Å². The van der Waals surface area contributed by atoms with Crippen LogP contribution in [0.2, 0.25) is 0 Å². The van der Waals surface area contributed by atoms with E-state index in [1.165, 1.54) is 12.8 Å². The van der Waals surface area contributed by atoms with E-state index in [-0.39, 0.29) is 5.91 Å². The molecule has 2 aromatic carbocycles. The van der Waals surface area contributed by atoms with Crippen LogP contribution in [0.25, 0.3) is 10.8 Å². The smallest absolute Gasteiger partial charge is 0.255 e. The molecule has 0 saturated carbocycles. The van der Waals surface area contributed by atoms with Gasteiger partial charge in [0.1, 0.15) is 0 Å². The van der Waals surface area contributed by atoms with Crippen molar-refractivity contribution in [3.05, 3.63) is 47.5 Å². The van der Waals surface area contributed by atoms with Crippen molar-refractivity contribution in [1.29, 1.82) is 0 Å².